The SMILES string of the molecule is O=S1(=O)CCC(C(O)c2cccc(F)c2)C1. The highest BCUT2D eigenvalue weighted by Crippen LogP contribution is 2.31. The van der Waals surface area contributed by atoms with E-state index >= 15 is 0 Å². The maximum absolute atomic E-state index is 12.9. The lowest BCUT2D eigenvalue weighted by atomic mass is 9.95. The number of aliphatic hydroxyl groups excluding tert-OH is 1. The summed E-state index contributed by atoms with van der Waals surface area (Å²) in [5, 5.41) is 9.95. The molecule has 1 heterocycles. The van der Waals surface area contributed by atoms with Crippen molar-refractivity contribution in [3.8, 4) is 0 Å². The highest BCUT2D eigenvalue weighted by Gasteiger charge is 2.33. The summed E-state index contributed by atoms with van der Waals surface area (Å²) in [7, 11) is -3.01. The number of hydrogen-bond acceptors (Lipinski definition) is 3. The van der Waals surface area contributed by atoms with Gasteiger partial charge in [0.15, 0.2) is 9.84 Å². The van der Waals surface area contributed by atoms with Crippen molar-refractivity contribution < 1.29 is 17.9 Å². The topological polar surface area (TPSA) is 54.4 Å². The number of sulfone groups is 1. The number of aliphatic hydroxyl groups is 1. The third-order valence-corrected chi connectivity index (χ3v) is 4.70. The Morgan fingerprint density at radius 1 is 1.44 bits per heavy atom. The first kappa shape index (κ1) is 11.5. The number of hydrogen-bond donors (Lipinski definition) is 1. The molecule has 1 aliphatic rings. The second-order valence-corrected chi connectivity index (χ2v) is 6.39. The first-order valence-electron chi connectivity index (χ1n) is 5.12. The molecule has 1 N–H and O–H groups in total. The van der Waals surface area contributed by atoms with Crippen LogP contribution in [0.1, 0.15) is 18.1 Å². The van der Waals surface area contributed by atoms with Crippen LogP contribution in [0.4, 0.5) is 4.39 Å². The predicted octanol–water partition coefficient (Wildman–Crippen LogP) is 1.29. The molecular weight excluding hydrogens is 231 g/mol. The Morgan fingerprint density at radius 3 is 2.75 bits per heavy atom. The first-order valence-corrected chi connectivity index (χ1v) is 6.94. The van der Waals surface area contributed by atoms with Crippen LogP contribution in [-0.2, 0) is 9.84 Å². The van der Waals surface area contributed by atoms with E-state index in [1.54, 1.807) is 6.07 Å². The van der Waals surface area contributed by atoms with Crippen LogP contribution in [-0.4, -0.2) is 25.0 Å². The summed E-state index contributed by atoms with van der Waals surface area (Å²) in [6, 6.07) is 5.66. The van der Waals surface area contributed by atoms with Crippen molar-refractivity contribution >= 4 is 9.84 Å². The summed E-state index contributed by atoms with van der Waals surface area (Å²) < 4.78 is 35.5. The highest BCUT2D eigenvalue weighted by atomic mass is 32.2. The van der Waals surface area contributed by atoms with Crippen LogP contribution in [0.3, 0.4) is 0 Å². The third kappa shape index (κ3) is 2.41. The van der Waals surface area contributed by atoms with Crippen LogP contribution in [0.5, 0.6) is 0 Å². The van der Waals surface area contributed by atoms with E-state index in [-0.39, 0.29) is 17.4 Å². The lowest BCUT2D eigenvalue weighted by Crippen LogP contribution is -2.14. The van der Waals surface area contributed by atoms with Crippen LogP contribution in [0.15, 0.2) is 24.3 Å². The van der Waals surface area contributed by atoms with Gasteiger partial charge < -0.3 is 5.11 Å². The maximum Gasteiger partial charge on any atom is 0.150 e. The summed E-state index contributed by atoms with van der Waals surface area (Å²) in [5.74, 6) is -0.626. The molecule has 1 fully saturated rings. The van der Waals surface area contributed by atoms with Crippen molar-refractivity contribution in [2.75, 3.05) is 11.5 Å². The Morgan fingerprint density at radius 2 is 2.19 bits per heavy atom. The second-order valence-electron chi connectivity index (χ2n) is 4.16. The lowest BCUT2D eigenvalue weighted by Gasteiger charge is -2.16. The van der Waals surface area contributed by atoms with E-state index in [9.17, 15) is 17.9 Å². The smallest absolute Gasteiger partial charge is 0.150 e. The van der Waals surface area contributed by atoms with Crippen LogP contribution >= 0.6 is 0 Å². The molecule has 1 saturated heterocycles. The third-order valence-electron chi connectivity index (χ3n) is 2.90. The second kappa shape index (κ2) is 4.14. The van der Waals surface area contributed by atoms with Gasteiger partial charge in [0.25, 0.3) is 0 Å². The monoisotopic (exact) mass is 244 g/mol. The summed E-state index contributed by atoms with van der Waals surface area (Å²) >= 11 is 0. The molecule has 2 rings (SSSR count). The molecule has 1 aromatic carbocycles. The number of rotatable bonds is 2. The fourth-order valence-electron chi connectivity index (χ4n) is 2.04. The van der Waals surface area contributed by atoms with Crippen LogP contribution in [0.2, 0.25) is 0 Å². The molecule has 88 valence electrons. The van der Waals surface area contributed by atoms with E-state index in [4.69, 9.17) is 0 Å². The zero-order valence-corrected chi connectivity index (χ0v) is 9.45. The molecule has 0 saturated carbocycles. The molecule has 2 unspecified atom stereocenters. The number of halogens is 1. The Kier molecular flexibility index (Phi) is 2.99. The highest BCUT2D eigenvalue weighted by molar-refractivity contribution is 7.91. The van der Waals surface area contributed by atoms with Gasteiger partial charge in [0.2, 0.25) is 0 Å². The molecule has 2 atom stereocenters. The molecule has 0 spiro atoms. The molecule has 0 amide bonds. The largest absolute Gasteiger partial charge is 0.388 e. The van der Waals surface area contributed by atoms with E-state index < -0.39 is 21.8 Å². The van der Waals surface area contributed by atoms with Crippen molar-refractivity contribution in [1.82, 2.24) is 0 Å². The first-order chi connectivity index (χ1) is 7.48. The van der Waals surface area contributed by atoms with Gasteiger partial charge in [-0.05, 0) is 24.1 Å². The van der Waals surface area contributed by atoms with Gasteiger partial charge in [-0.25, -0.2) is 12.8 Å². The zero-order chi connectivity index (χ0) is 11.8. The fourth-order valence-corrected chi connectivity index (χ4v) is 3.87. The van der Waals surface area contributed by atoms with Crippen molar-refractivity contribution in [3.63, 3.8) is 0 Å². The molecular formula is C11H13FO3S. The summed E-state index contributed by atoms with van der Waals surface area (Å²) in [6.45, 7) is 0. The quantitative estimate of drug-likeness (QED) is 0.853. The van der Waals surface area contributed by atoms with Gasteiger partial charge in [-0.2, -0.15) is 0 Å². The van der Waals surface area contributed by atoms with E-state index in [2.05, 4.69) is 0 Å². The van der Waals surface area contributed by atoms with E-state index in [0.717, 1.165) is 0 Å². The van der Waals surface area contributed by atoms with Gasteiger partial charge in [0.05, 0.1) is 17.6 Å². The van der Waals surface area contributed by atoms with Crippen molar-refractivity contribution in [1.29, 1.82) is 0 Å². The molecule has 0 aromatic heterocycles. The Balaban J connectivity index is 2.17. The van der Waals surface area contributed by atoms with Gasteiger partial charge in [0, 0.05) is 5.92 Å². The van der Waals surface area contributed by atoms with Crippen molar-refractivity contribution in [2.24, 2.45) is 5.92 Å². The zero-order valence-electron chi connectivity index (χ0n) is 8.64. The average Bonchev–Trinajstić information content (AvgIpc) is 2.58. The van der Waals surface area contributed by atoms with Gasteiger partial charge in [-0.3, -0.25) is 0 Å². The standard InChI is InChI=1S/C11H13FO3S/c12-10-3-1-2-8(6-10)11(13)9-4-5-16(14,15)7-9/h1-3,6,9,11,13H,4-5,7H2. The summed E-state index contributed by atoms with van der Waals surface area (Å²) in [5.41, 5.74) is 0.446. The Hall–Kier alpha value is -0.940. The minimum Gasteiger partial charge on any atom is -0.388 e. The van der Waals surface area contributed by atoms with Crippen molar-refractivity contribution in [3.05, 3.63) is 35.6 Å². The molecule has 1 aromatic rings. The summed E-state index contributed by atoms with van der Waals surface area (Å²) in [4.78, 5) is 0. The Bertz CT molecular complexity index is 484. The fraction of sp³-hybridized carbons (Fsp3) is 0.455. The molecule has 5 heteroatoms. The van der Waals surface area contributed by atoms with Gasteiger partial charge in [-0.1, -0.05) is 12.1 Å². The molecule has 3 nitrogen and oxygen atoms in total. The molecule has 16 heavy (non-hydrogen) atoms. The minimum absolute atomic E-state index is 0.00925. The molecule has 1 aliphatic heterocycles. The summed E-state index contributed by atoms with van der Waals surface area (Å²) in [6.07, 6.45) is -0.451. The lowest BCUT2D eigenvalue weighted by molar-refractivity contribution is 0.120. The van der Waals surface area contributed by atoms with Gasteiger partial charge >= 0.3 is 0 Å². The number of benzene rings is 1. The average molecular weight is 244 g/mol. The maximum atomic E-state index is 12.9. The van der Waals surface area contributed by atoms with E-state index in [0.29, 0.717) is 12.0 Å². The molecule has 0 aliphatic carbocycles. The van der Waals surface area contributed by atoms with Crippen LogP contribution in [0.25, 0.3) is 0 Å². The minimum atomic E-state index is -3.01. The predicted molar refractivity (Wildman–Crippen MR) is 58.1 cm³/mol. The molecule has 0 radical (unpaired) electrons. The van der Waals surface area contributed by atoms with Crippen LogP contribution in [0, 0.1) is 11.7 Å². The van der Waals surface area contributed by atoms with E-state index in [1.807, 2.05) is 0 Å². The van der Waals surface area contributed by atoms with Gasteiger partial charge in [-0.15, -0.1) is 0 Å². The molecule has 0 bridgehead atoms. The normalized spacial score (nSPS) is 25.5. The Labute approximate surface area is 93.8 Å². The van der Waals surface area contributed by atoms with Crippen molar-refractivity contribution in [2.45, 2.75) is 12.5 Å². The van der Waals surface area contributed by atoms with Crippen LogP contribution < -0.4 is 0 Å². The van der Waals surface area contributed by atoms with E-state index in [1.165, 1.54) is 18.2 Å². The van der Waals surface area contributed by atoms with Gasteiger partial charge in [0.1, 0.15) is 5.82 Å².